The summed E-state index contributed by atoms with van der Waals surface area (Å²) >= 11 is 0. The first-order chi connectivity index (χ1) is 8.65. The Labute approximate surface area is 106 Å². The van der Waals surface area contributed by atoms with Gasteiger partial charge in [-0.2, -0.15) is 0 Å². The van der Waals surface area contributed by atoms with Crippen molar-refractivity contribution in [1.29, 1.82) is 0 Å². The molecule has 0 saturated carbocycles. The first kappa shape index (κ1) is 12.6. The van der Waals surface area contributed by atoms with Crippen LogP contribution >= 0.6 is 0 Å². The van der Waals surface area contributed by atoms with Gasteiger partial charge in [0, 0.05) is 12.1 Å². The third-order valence-electron chi connectivity index (χ3n) is 3.32. The summed E-state index contributed by atoms with van der Waals surface area (Å²) in [6.07, 6.45) is 1.94. The van der Waals surface area contributed by atoms with Crippen molar-refractivity contribution >= 4 is 17.6 Å². The molecule has 4 heteroatoms. The van der Waals surface area contributed by atoms with Gasteiger partial charge in [-0.25, -0.2) is 0 Å². The molecule has 0 fully saturated rings. The van der Waals surface area contributed by atoms with Gasteiger partial charge >= 0.3 is 5.97 Å². The highest BCUT2D eigenvalue weighted by Crippen LogP contribution is 2.28. The van der Waals surface area contributed by atoms with Crippen LogP contribution < -0.4 is 5.32 Å². The van der Waals surface area contributed by atoms with Crippen molar-refractivity contribution in [1.82, 2.24) is 0 Å². The van der Waals surface area contributed by atoms with Crippen LogP contribution in [0.15, 0.2) is 18.2 Å². The molecule has 4 nitrogen and oxygen atoms in total. The van der Waals surface area contributed by atoms with Crippen LogP contribution in [0.1, 0.15) is 36.8 Å². The minimum atomic E-state index is -0.224. The van der Waals surface area contributed by atoms with Gasteiger partial charge in [0.1, 0.15) is 0 Å². The van der Waals surface area contributed by atoms with E-state index in [2.05, 4.69) is 5.32 Å². The lowest BCUT2D eigenvalue weighted by atomic mass is 9.92. The quantitative estimate of drug-likeness (QED) is 0.833. The molecule has 2 rings (SSSR count). The van der Waals surface area contributed by atoms with Gasteiger partial charge < -0.3 is 10.1 Å². The summed E-state index contributed by atoms with van der Waals surface area (Å²) in [4.78, 5) is 22.9. The van der Waals surface area contributed by atoms with E-state index in [1.165, 1.54) is 7.11 Å². The second-order valence-corrected chi connectivity index (χ2v) is 4.45. The van der Waals surface area contributed by atoms with Gasteiger partial charge in [-0.05, 0) is 30.0 Å². The van der Waals surface area contributed by atoms with Crippen molar-refractivity contribution in [2.45, 2.75) is 32.1 Å². The number of carbonyl (C=O) groups excluding carboxylic acids is 2. The molecule has 18 heavy (non-hydrogen) atoms. The molecular weight excluding hydrogens is 230 g/mol. The standard InChI is InChI=1S/C14H17NO3/c1-3-11(14(17)18-2)9-4-6-12-10(8-9)5-7-13(16)15-12/h4,6,8,11H,3,5,7H2,1-2H3,(H,15,16). The predicted octanol–water partition coefficient (Wildman–Crippen LogP) is 2.24. The van der Waals surface area contributed by atoms with Crippen molar-refractivity contribution in [3.63, 3.8) is 0 Å². The molecule has 0 radical (unpaired) electrons. The lowest BCUT2D eigenvalue weighted by molar-refractivity contribution is -0.142. The van der Waals surface area contributed by atoms with E-state index in [1.54, 1.807) is 0 Å². The number of esters is 1. The molecule has 1 aromatic carbocycles. The number of amides is 1. The van der Waals surface area contributed by atoms with Gasteiger partial charge in [0.25, 0.3) is 0 Å². The molecule has 1 atom stereocenters. The minimum Gasteiger partial charge on any atom is -0.469 e. The number of methoxy groups -OCH3 is 1. The topological polar surface area (TPSA) is 55.4 Å². The SMILES string of the molecule is CCC(C(=O)OC)c1ccc2c(c1)CCC(=O)N2. The third-order valence-corrected chi connectivity index (χ3v) is 3.32. The predicted molar refractivity (Wildman–Crippen MR) is 68.4 cm³/mol. The zero-order chi connectivity index (χ0) is 13.1. The summed E-state index contributed by atoms with van der Waals surface area (Å²) in [6.45, 7) is 1.96. The maximum Gasteiger partial charge on any atom is 0.313 e. The van der Waals surface area contributed by atoms with Crippen LogP contribution in [0.2, 0.25) is 0 Å². The first-order valence-corrected chi connectivity index (χ1v) is 6.16. The number of benzene rings is 1. The average molecular weight is 247 g/mol. The molecule has 96 valence electrons. The molecule has 1 amide bonds. The number of hydrogen-bond acceptors (Lipinski definition) is 3. The summed E-state index contributed by atoms with van der Waals surface area (Å²) in [5, 5.41) is 2.83. The Hall–Kier alpha value is -1.84. The summed E-state index contributed by atoms with van der Waals surface area (Å²) < 4.78 is 4.81. The number of rotatable bonds is 3. The van der Waals surface area contributed by atoms with Gasteiger partial charge in [-0.3, -0.25) is 9.59 Å². The second-order valence-electron chi connectivity index (χ2n) is 4.45. The Morgan fingerprint density at radius 2 is 2.22 bits per heavy atom. The smallest absolute Gasteiger partial charge is 0.313 e. The molecule has 0 aliphatic carbocycles. The summed E-state index contributed by atoms with van der Waals surface area (Å²) in [5.74, 6) is -0.384. The van der Waals surface area contributed by atoms with Crippen LogP contribution in [0.5, 0.6) is 0 Å². The second kappa shape index (κ2) is 5.21. The number of fused-ring (bicyclic) bond motifs is 1. The first-order valence-electron chi connectivity index (χ1n) is 6.16. The van der Waals surface area contributed by atoms with Gasteiger partial charge in [0.2, 0.25) is 5.91 Å². The van der Waals surface area contributed by atoms with Crippen LogP contribution in [-0.2, 0) is 20.7 Å². The van der Waals surface area contributed by atoms with E-state index in [0.29, 0.717) is 12.8 Å². The molecular formula is C14H17NO3. The molecule has 1 aliphatic rings. The number of nitrogens with one attached hydrogen (secondary N) is 1. The summed E-state index contributed by atoms with van der Waals surface area (Å²) in [7, 11) is 1.41. The number of ether oxygens (including phenoxy) is 1. The Bertz CT molecular complexity index is 482. The van der Waals surface area contributed by atoms with Crippen molar-refractivity contribution in [2.24, 2.45) is 0 Å². The fourth-order valence-corrected chi connectivity index (χ4v) is 2.30. The van der Waals surface area contributed by atoms with Crippen molar-refractivity contribution in [3.05, 3.63) is 29.3 Å². The fourth-order valence-electron chi connectivity index (χ4n) is 2.30. The van der Waals surface area contributed by atoms with E-state index in [1.807, 2.05) is 25.1 Å². The van der Waals surface area contributed by atoms with Crippen molar-refractivity contribution in [3.8, 4) is 0 Å². The maximum atomic E-state index is 11.7. The summed E-state index contributed by atoms with van der Waals surface area (Å²) in [5.41, 5.74) is 2.91. The van der Waals surface area contributed by atoms with E-state index in [4.69, 9.17) is 4.74 Å². The average Bonchev–Trinajstić information content (AvgIpc) is 2.39. The van der Waals surface area contributed by atoms with Gasteiger partial charge in [0.15, 0.2) is 0 Å². The van der Waals surface area contributed by atoms with Crippen LogP contribution in [-0.4, -0.2) is 19.0 Å². The lowest BCUT2D eigenvalue weighted by Crippen LogP contribution is -2.20. The zero-order valence-corrected chi connectivity index (χ0v) is 10.7. The molecule has 0 saturated heterocycles. The van der Waals surface area contributed by atoms with Crippen LogP contribution in [0.3, 0.4) is 0 Å². The minimum absolute atomic E-state index is 0.0512. The number of carbonyl (C=O) groups is 2. The van der Waals surface area contributed by atoms with Gasteiger partial charge in [-0.15, -0.1) is 0 Å². The molecule has 0 aromatic heterocycles. The fraction of sp³-hybridized carbons (Fsp3) is 0.429. The highest BCUT2D eigenvalue weighted by atomic mass is 16.5. The molecule has 1 aromatic rings. The number of aryl methyl sites for hydroxylation is 1. The normalized spacial score (nSPS) is 15.6. The zero-order valence-electron chi connectivity index (χ0n) is 10.7. The van der Waals surface area contributed by atoms with E-state index in [-0.39, 0.29) is 17.8 Å². The number of anilines is 1. The number of hydrogen-bond donors (Lipinski definition) is 1. The van der Waals surface area contributed by atoms with Crippen LogP contribution in [0.25, 0.3) is 0 Å². The van der Waals surface area contributed by atoms with Crippen molar-refractivity contribution in [2.75, 3.05) is 12.4 Å². The Morgan fingerprint density at radius 3 is 2.89 bits per heavy atom. The highest BCUT2D eigenvalue weighted by molar-refractivity contribution is 5.94. The van der Waals surface area contributed by atoms with Gasteiger partial charge in [0.05, 0.1) is 13.0 Å². The monoisotopic (exact) mass is 247 g/mol. The highest BCUT2D eigenvalue weighted by Gasteiger charge is 2.22. The van der Waals surface area contributed by atoms with E-state index in [9.17, 15) is 9.59 Å². The van der Waals surface area contributed by atoms with Crippen LogP contribution in [0, 0.1) is 0 Å². The maximum absolute atomic E-state index is 11.7. The lowest BCUT2D eigenvalue weighted by Gasteiger charge is -2.20. The van der Waals surface area contributed by atoms with Gasteiger partial charge in [-0.1, -0.05) is 19.1 Å². The Morgan fingerprint density at radius 1 is 1.44 bits per heavy atom. The Kier molecular flexibility index (Phi) is 3.65. The Balaban J connectivity index is 2.30. The molecule has 1 aliphatic heterocycles. The molecule has 0 bridgehead atoms. The van der Waals surface area contributed by atoms with E-state index < -0.39 is 0 Å². The van der Waals surface area contributed by atoms with E-state index >= 15 is 0 Å². The molecule has 0 spiro atoms. The molecule has 1 heterocycles. The summed E-state index contributed by atoms with van der Waals surface area (Å²) in [6, 6.07) is 5.75. The van der Waals surface area contributed by atoms with E-state index in [0.717, 1.165) is 23.2 Å². The molecule has 1 N–H and O–H groups in total. The largest absolute Gasteiger partial charge is 0.469 e. The van der Waals surface area contributed by atoms with Crippen LogP contribution in [0.4, 0.5) is 5.69 Å². The molecule has 1 unspecified atom stereocenters. The third kappa shape index (κ3) is 2.37. The van der Waals surface area contributed by atoms with Crippen molar-refractivity contribution < 1.29 is 14.3 Å².